The van der Waals surface area contributed by atoms with Crippen molar-refractivity contribution in [3.05, 3.63) is 29.8 Å². The number of hydrogen-bond donors (Lipinski definition) is 1. The number of amides is 1. The van der Waals surface area contributed by atoms with E-state index in [0.29, 0.717) is 0 Å². The van der Waals surface area contributed by atoms with Crippen LogP contribution in [0, 0.1) is 0 Å². The number of carbonyl (C=O) groups is 1. The molecule has 1 amide bonds. The highest BCUT2D eigenvalue weighted by molar-refractivity contribution is 9.09. The third-order valence-electron chi connectivity index (χ3n) is 2.70. The number of benzene rings is 1. The van der Waals surface area contributed by atoms with Crippen molar-refractivity contribution in [2.75, 3.05) is 18.1 Å². The Kier molecular flexibility index (Phi) is 8.18. The standard InChI is InChI=1S/C14H20BrNOS/c1-18-13-9-5-4-8-12(13)14(17)16-11-7-3-2-6-10-15/h4-5,8-9H,2-3,6-7,10-11H2,1H3,(H,16,17). The molecular formula is C14H20BrNOS. The first-order valence-corrected chi connectivity index (χ1v) is 8.61. The maximum Gasteiger partial charge on any atom is 0.252 e. The van der Waals surface area contributed by atoms with E-state index in [2.05, 4.69) is 21.2 Å². The molecular weight excluding hydrogens is 310 g/mol. The first-order valence-electron chi connectivity index (χ1n) is 6.26. The predicted molar refractivity (Wildman–Crippen MR) is 82.8 cm³/mol. The minimum atomic E-state index is 0.0421. The molecule has 0 heterocycles. The van der Waals surface area contributed by atoms with E-state index in [4.69, 9.17) is 0 Å². The Balaban J connectivity index is 2.32. The number of rotatable bonds is 8. The van der Waals surface area contributed by atoms with E-state index < -0.39 is 0 Å². The summed E-state index contributed by atoms with van der Waals surface area (Å²) in [6.07, 6.45) is 6.66. The lowest BCUT2D eigenvalue weighted by Crippen LogP contribution is -2.24. The average molecular weight is 330 g/mol. The van der Waals surface area contributed by atoms with Gasteiger partial charge in [-0.15, -0.1) is 11.8 Å². The van der Waals surface area contributed by atoms with Crippen LogP contribution in [0.5, 0.6) is 0 Å². The van der Waals surface area contributed by atoms with E-state index >= 15 is 0 Å². The fraction of sp³-hybridized carbons (Fsp3) is 0.500. The summed E-state index contributed by atoms with van der Waals surface area (Å²) >= 11 is 5.02. The quantitative estimate of drug-likeness (QED) is 0.442. The van der Waals surface area contributed by atoms with Gasteiger partial charge in [-0.05, 0) is 31.2 Å². The third kappa shape index (κ3) is 5.44. The summed E-state index contributed by atoms with van der Waals surface area (Å²) in [6.45, 7) is 0.768. The summed E-state index contributed by atoms with van der Waals surface area (Å²) in [6, 6.07) is 7.73. The normalized spacial score (nSPS) is 10.3. The van der Waals surface area contributed by atoms with Crippen molar-refractivity contribution in [2.45, 2.75) is 30.6 Å². The molecule has 2 nitrogen and oxygen atoms in total. The zero-order chi connectivity index (χ0) is 13.2. The van der Waals surface area contributed by atoms with Crippen molar-refractivity contribution < 1.29 is 4.79 Å². The molecule has 0 radical (unpaired) electrons. The summed E-state index contributed by atoms with van der Waals surface area (Å²) < 4.78 is 0. The van der Waals surface area contributed by atoms with Gasteiger partial charge in [0.15, 0.2) is 0 Å². The molecule has 1 aromatic carbocycles. The van der Waals surface area contributed by atoms with Gasteiger partial charge in [-0.2, -0.15) is 0 Å². The van der Waals surface area contributed by atoms with Crippen molar-refractivity contribution in [1.29, 1.82) is 0 Å². The van der Waals surface area contributed by atoms with Crippen LogP contribution in [0.2, 0.25) is 0 Å². The maximum atomic E-state index is 12.0. The highest BCUT2D eigenvalue weighted by atomic mass is 79.9. The molecule has 0 unspecified atom stereocenters. The van der Waals surface area contributed by atoms with Gasteiger partial charge in [-0.25, -0.2) is 0 Å². The molecule has 18 heavy (non-hydrogen) atoms. The number of carbonyl (C=O) groups excluding carboxylic acids is 1. The van der Waals surface area contributed by atoms with Crippen LogP contribution in [0.3, 0.4) is 0 Å². The Morgan fingerprint density at radius 3 is 2.67 bits per heavy atom. The zero-order valence-corrected chi connectivity index (χ0v) is 13.1. The van der Waals surface area contributed by atoms with E-state index in [0.717, 1.165) is 28.8 Å². The average Bonchev–Trinajstić information content (AvgIpc) is 2.42. The Bertz CT molecular complexity index is 371. The first-order chi connectivity index (χ1) is 8.79. The van der Waals surface area contributed by atoms with Crippen LogP contribution in [-0.4, -0.2) is 24.0 Å². The summed E-state index contributed by atoms with van der Waals surface area (Å²) in [5.41, 5.74) is 0.783. The lowest BCUT2D eigenvalue weighted by atomic mass is 10.2. The molecule has 0 spiro atoms. The molecule has 1 N–H and O–H groups in total. The van der Waals surface area contributed by atoms with E-state index in [1.807, 2.05) is 30.5 Å². The Morgan fingerprint density at radius 2 is 1.94 bits per heavy atom. The number of nitrogens with one attached hydrogen (secondary N) is 1. The fourth-order valence-corrected chi connectivity index (χ4v) is 2.69. The second-order valence-electron chi connectivity index (χ2n) is 4.06. The molecule has 0 aliphatic rings. The van der Waals surface area contributed by atoms with Crippen molar-refractivity contribution in [3.63, 3.8) is 0 Å². The maximum absolute atomic E-state index is 12.0. The highest BCUT2D eigenvalue weighted by Gasteiger charge is 2.08. The number of unbranched alkanes of at least 4 members (excludes halogenated alkanes) is 3. The van der Waals surface area contributed by atoms with Crippen molar-refractivity contribution >= 4 is 33.6 Å². The molecule has 4 heteroatoms. The van der Waals surface area contributed by atoms with Gasteiger partial charge in [0.25, 0.3) is 5.91 Å². The van der Waals surface area contributed by atoms with Crippen LogP contribution in [0.1, 0.15) is 36.0 Å². The number of alkyl halides is 1. The molecule has 0 aliphatic carbocycles. The second-order valence-corrected chi connectivity index (χ2v) is 5.70. The summed E-state index contributed by atoms with van der Waals surface area (Å²) in [4.78, 5) is 13.0. The summed E-state index contributed by atoms with van der Waals surface area (Å²) in [5, 5.41) is 4.06. The van der Waals surface area contributed by atoms with Gasteiger partial charge in [0.05, 0.1) is 5.56 Å². The summed E-state index contributed by atoms with van der Waals surface area (Å²) in [7, 11) is 0. The van der Waals surface area contributed by atoms with Crippen LogP contribution in [0.15, 0.2) is 29.2 Å². The molecule has 0 fully saturated rings. The van der Waals surface area contributed by atoms with Gasteiger partial charge >= 0.3 is 0 Å². The van der Waals surface area contributed by atoms with Crippen LogP contribution >= 0.6 is 27.7 Å². The van der Waals surface area contributed by atoms with Gasteiger partial charge in [0.1, 0.15) is 0 Å². The molecule has 0 saturated carbocycles. The minimum absolute atomic E-state index is 0.0421. The van der Waals surface area contributed by atoms with Gasteiger partial charge in [0, 0.05) is 16.8 Å². The second kappa shape index (κ2) is 9.45. The van der Waals surface area contributed by atoms with Gasteiger partial charge in [-0.1, -0.05) is 40.9 Å². The number of thioether (sulfide) groups is 1. The topological polar surface area (TPSA) is 29.1 Å². The van der Waals surface area contributed by atoms with Gasteiger partial charge < -0.3 is 5.32 Å². The van der Waals surface area contributed by atoms with Crippen molar-refractivity contribution in [1.82, 2.24) is 5.32 Å². The Morgan fingerprint density at radius 1 is 1.22 bits per heavy atom. The van der Waals surface area contributed by atoms with Gasteiger partial charge in [-0.3, -0.25) is 4.79 Å². The Hall–Kier alpha value is -0.480. The van der Waals surface area contributed by atoms with Crippen LogP contribution < -0.4 is 5.32 Å². The number of halogens is 1. The van der Waals surface area contributed by atoms with Crippen molar-refractivity contribution in [2.24, 2.45) is 0 Å². The predicted octanol–water partition coefficient (Wildman–Crippen LogP) is 4.09. The third-order valence-corrected chi connectivity index (χ3v) is 4.05. The molecule has 0 atom stereocenters. The minimum Gasteiger partial charge on any atom is -0.352 e. The molecule has 0 bridgehead atoms. The van der Waals surface area contributed by atoms with E-state index in [1.54, 1.807) is 11.8 Å². The molecule has 1 aromatic rings. The summed E-state index contributed by atoms with van der Waals surface area (Å²) in [5.74, 6) is 0.0421. The zero-order valence-electron chi connectivity index (χ0n) is 10.7. The van der Waals surface area contributed by atoms with Crippen LogP contribution in [0.4, 0.5) is 0 Å². The van der Waals surface area contributed by atoms with Crippen LogP contribution in [-0.2, 0) is 0 Å². The van der Waals surface area contributed by atoms with Crippen LogP contribution in [0.25, 0.3) is 0 Å². The molecule has 100 valence electrons. The van der Waals surface area contributed by atoms with E-state index in [1.165, 1.54) is 19.3 Å². The fourth-order valence-electron chi connectivity index (χ4n) is 1.70. The van der Waals surface area contributed by atoms with E-state index in [-0.39, 0.29) is 5.91 Å². The highest BCUT2D eigenvalue weighted by Crippen LogP contribution is 2.19. The largest absolute Gasteiger partial charge is 0.352 e. The molecule has 0 saturated heterocycles. The Labute approximate surface area is 122 Å². The smallest absolute Gasteiger partial charge is 0.252 e. The lowest BCUT2D eigenvalue weighted by molar-refractivity contribution is 0.0950. The van der Waals surface area contributed by atoms with E-state index in [9.17, 15) is 4.79 Å². The lowest BCUT2D eigenvalue weighted by Gasteiger charge is -2.08. The monoisotopic (exact) mass is 329 g/mol. The molecule has 0 aliphatic heterocycles. The molecule has 1 rings (SSSR count). The van der Waals surface area contributed by atoms with Crippen molar-refractivity contribution in [3.8, 4) is 0 Å². The molecule has 0 aromatic heterocycles. The van der Waals surface area contributed by atoms with Gasteiger partial charge in [0.2, 0.25) is 0 Å². The SMILES string of the molecule is CSc1ccccc1C(=O)NCCCCCCBr. The first kappa shape index (κ1) is 15.6. The number of hydrogen-bond acceptors (Lipinski definition) is 2.